The van der Waals surface area contributed by atoms with Crippen molar-refractivity contribution in [2.75, 3.05) is 19.0 Å². The predicted molar refractivity (Wildman–Crippen MR) is 98.1 cm³/mol. The molecule has 2 heterocycles. The Bertz CT molecular complexity index is 690. The summed E-state index contributed by atoms with van der Waals surface area (Å²) in [5.41, 5.74) is 3.07. The van der Waals surface area contributed by atoms with E-state index in [1.807, 2.05) is 36.4 Å². The number of rotatable bonds is 6. The number of hydrogen-bond acceptors (Lipinski definition) is 4. The van der Waals surface area contributed by atoms with Gasteiger partial charge in [0.1, 0.15) is 0 Å². The summed E-state index contributed by atoms with van der Waals surface area (Å²) in [6.45, 7) is 2.27. The van der Waals surface area contributed by atoms with Crippen LogP contribution in [0.25, 0.3) is 0 Å². The number of aromatic nitrogens is 1. The third kappa shape index (κ3) is 4.87. The van der Waals surface area contributed by atoms with Crippen molar-refractivity contribution in [3.05, 3.63) is 59.9 Å². The Hall–Kier alpha value is -2.24. The maximum Gasteiger partial charge on any atom is 0.241 e. The number of carbonyl (C=O) groups excluding carboxylic acids is 1. The number of hydrogen-bond donors (Lipinski definition) is 1. The number of methoxy groups -OCH3 is 1. The predicted octanol–water partition coefficient (Wildman–Crippen LogP) is 3.22. The molecule has 132 valence electrons. The summed E-state index contributed by atoms with van der Waals surface area (Å²) in [4.78, 5) is 19.2. The van der Waals surface area contributed by atoms with Crippen LogP contribution in [0.4, 0.5) is 5.69 Å². The van der Waals surface area contributed by atoms with E-state index in [9.17, 15) is 4.79 Å². The number of nitrogens with one attached hydrogen (secondary N) is 1. The van der Waals surface area contributed by atoms with Gasteiger partial charge in [-0.15, -0.1) is 0 Å². The smallest absolute Gasteiger partial charge is 0.241 e. The fraction of sp³-hybridized carbons (Fsp3) is 0.400. The lowest BCUT2D eigenvalue weighted by Gasteiger charge is -2.34. The second-order valence-electron chi connectivity index (χ2n) is 6.46. The average molecular weight is 339 g/mol. The molecule has 5 nitrogen and oxygen atoms in total. The molecule has 1 saturated heterocycles. The van der Waals surface area contributed by atoms with Crippen molar-refractivity contribution in [2.45, 2.75) is 38.5 Å². The Labute approximate surface area is 149 Å². The minimum Gasteiger partial charge on any atom is -0.380 e. The van der Waals surface area contributed by atoms with Crippen molar-refractivity contribution < 1.29 is 9.53 Å². The van der Waals surface area contributed by atoms with Crippen LogP contribution in [0.5, 0.6) is 0 Å². The van der Waals surface area contributed by atoms with E-state index < -0.39 is 0 Å². The minimum absolute atomic E-state index is 0.0725. The maximum atomic E-state index is 12.8. The van der Waals surface area contributed by atoms with Crippen molar-refractivity contribution in [3.63, 3.8) is 0 Å². The number of ether oxygens (including phenoxy) is 1. The van der Waals surface area contributed by atoms with Gasteiger partial charge in [-0.1, -0.05) is 18.6 Å². The van der Waals surface area contributed by atoms with Crippen LogP contribution in [0.2, 0.25) is 0 Å². The second-order valence-corrected chi connectivity index (χ2v) is 6.46. The molecule has 0 aliphatic carbocycles. The molecule has 1 atom stereocenters. The Morgan fingerprint density at radius 3 is 2.88 bits per heavy atom. The molecule has 1 aliphatic heterocycles. The van der Waals surface area contributed by atoms with Gasteiger partial charge in [0.15, 0.2) is 0 Å². The van der Waals surface area contributed by atoms with E-state index in [1.165, 1.54) is 5.56 Å². The number of benzene rings is 1. The van der Waals surface area contributed by atoms with Crippen LogP contribution in [0.1, 0.15) is 30.4 Å². The van der Waals surface area contributed by atoms with E-state index in [0.717, 1.165) is 43.6 Å². The molecule has 1 aliphatic rings. The highest BCUT2D eigenvalue weighted by Gasteiger charge is 2.28. The van der Waals surface area contributed by atoms with Gasteiger partial charge in [-0.25, -0.2) is 0 Å². The standard InChI is InChI=1S/C20H25N3O2/c1-25-15-17-5-4-6-18(13-17)22-20(24)19-7-2-3-12-23(19)14-16-8-10-21-11-9-16/h4-6,8-11,13,19H,2-3,7,12,14-15H2,1H3,(H,22,24)/t19-/m0/s1. The van der Waals surface area contributed by atoms with Crippen molar-refractivity contribution in [1.82, 2.24) is 9.88 Å². The first-order valence-corrected chi connectivity index (χ1v) is 8.78. The molecular weight excluding hydrogens is 314 g/mol. The van der Waals surface area contributed by atoms with Gasteiger partial charge in [0.05, 0.1) is 12.6 Å². The summed E-state index contributed by atoms with van der Waals surface area (Å²) in [5, 5.41) is 3.08. The van der Waals surface area contributed by atoms with Crippen molar-refractivity contribution in [1.29, 1.82) is 0 Å². The monoisotopic (exact) mass is 339 g/mol. The zero-order valence-corrected chi connectivity index (χ0v) is 14.6. The lowest BCUT2D eigenvalue weighted by molar-refractivity contribution is -0.122. The summed E-state index contributed by atoms with van der Waals surface area (Å²) in [6.07, 6.45) is 6.73. The molecule has 5 heteroatoms. The Kier molecular flexibility index (Phi) is 6.14. The second kappa shape index (κ2) is 8.74. The van der Waals surface area contributed by atoms with E-state index >= 15 is 0 Å². The van der Waals surface area contributed by atoms with Crippen LogP contribution in [0.15, 0.2) is 48.8 Å². The molecule has 0 spiro atoms. The first-order valence-electron chi connectivity index (χ1n) is 8.78. The number of likely N-dealkylation sites (tertiary alicyclic amines) is 1. The number of amides is 1. The number of pyridine rings is 1. The molecule has 1 fully saturated rings. The van der Waals surface area contributed by atoms with Gasteiger partial charge < -0.3 is 10.1 Å². The number of piperidine rings is 1. The third-order valence-electron chi connectivity index (χ3n) is 4.56. The van der Waals surface area contributed by atoms with Crippen LogP contribution >= 0.6 is 0 Å². The molecule has 1 aromatic heterocycles. The van der Waals surface area contributed by atoms with Crippen LogP contribution in [0.3, 0.4) is 0 Å². The van der Waals surface area contributed by atoms with Gasteiger partial charge in [-0.05, 0) is 54.8 Å². The molecule has 1 N–H and O–H groups in total. The molecule has 0 bridgehead atoms. The summed E-state index contributed by atoms with van der Waals surface area (Å²) < 4.78 is 5.16. The van der Waals surface area contributed by atoms with Gasteiger partial charge in [-0.2, -0.15) is 0 Å². The van der Waals surface area contributed by atoms with E-state index in [2.05, 4.69) is 15.2 Å². The Morgan fingerprint density at radius 2 is 2.08 bits per heavy atom. The summed E-state index contributed by atoms with van der Waals surface area (Å²) in [7, 11) is 1.67. The summed E-state index contributed by atoms with van der Waals surface area (Å²) in [5.74, 6) is 0.0725. The molecule has 3 rings (SSSR count). The number of nitrogens with zero attached hydrogens (tertiary/aromatic N) is 2. The quantitative estimate of drug-likeness (QED) is 0.878. The van der Waals surface area contributed by atoms with Crippen molar-refractivity contribution in [3.8, 4) is 0 Å². The van der Waals surface area contributed by atoms with E-state index in [4.69, 9.17) is 4.74 Å². The fourth-order valence-electron chi connectivity index (χ4n) is 3.33. The van der Waals surface area contributed by atoms with Gasteiger partial charge in [0, 0.05) is 31.7 Å². The molecule has 0 unspecified atom stereocenters. The average Bonchev–Trinajstić information content (AvgIpc) is 2.63. The van der Waals surface area contributed by atoms with Crippen molar-refractivity contribution in [2.24, 2.45) is 0 Å². The zero-order valence-electron chi connectivity index (χ0n) is 14.6. The highest BCUT2D eigenvalue weighted by atomic mass is 16.5. The first kappa shape index (κ1) is 17.6. The molecule has 25 heavy (non-hydrogen) atoms. The van der Waals surface area contributed by atoms with Crippen LogP contribution < -0.4 is 5.32 Å². The summed E-state index contributed by atoms with van der Waals surface area (Å²) >= 11 is 0. The molecule has 1 aromatic carbocycles. The minimum atomic E-state index is -0.0898. The lowest BCUT2D eigenvalue weighted by Crippen LogP contribution is -2.46. The highest BCUT2D eigenvalue weighted by Crippen LogP contribution is 2.21. The van der Waals surface area contributed by atoms with Gasteiger partial charge >= 0.3 is 0 Å². The van der Waals surface area contributed by atoms with Crippen LogP contribution in [0, 0.1) is 0 Å². The van der Waals surface area contributed by atoms with Gasteiger partial charge in [0.2, 0.25) is 5.91 Å². The van der Waals surface area contributed by atoms with E-state index in [-0.39, 0.29) is 11.9 Å². The molecule has 0 saturated carbocycles. The fourth-order valence-corrected chi connectivity index (χ4v) is 3.33. The summed E-state index contributed by atoms with van der Waals surface area (Å²) in [6, 6.07) is 11.8. The Balaban J connectivity index is 1.67. The highest BCUT2D eigenvalue weighted by molar-refractivity contribution is 5.94. The molecular formula is C20H25N3O2. The van der Waals surface area contributed by atoms with Crippen LogP contribution in [-0.2, 0) is 22.7 Å². The zero-order chi connectivity index (χ0) is 17.5. The van der Waals surface area contributed by atoms with Gasteiger partial charge in [0.25, 0.3) is 0 Å². The van der Waals surface area contributed by atoms with Crippen LogP contribution in [-0.4, -0.2) is 35.5 Å². The van der Waals surface area contributed by atoms with E-state index in [0.29, 0.717) is 6.61 Å². The van der Waals surface area contributed by atoms with Gasteiger partial charge in [-0.3, -0.25) is 14.7 Å². The Morgan fingerprint density at radius 1 is 1.24 bits per heavy atom. The topological polar surface area (TPSA) is 54.5 Å². The lowest BCUT2D eigenvalue weighted by atomic mass is 10.0. The van der Waals surface area contributed by atoms with E-state index in [1.54, 1.807) is 19.5 Å². The SMILES string of the molecule is COCc1cccc(NC(=O)[C@@H]2CCCCN2Cc2ccncc2)c1. The number of anilines is 1. The van der Waals surface area contributed by atoms with Crippen molar-refractivity contribution >= 4 is 11.6 Å². The molecule has 2 aromatic rings. The molecule has 1 amide bonds. The normalized spacial score (nSPS) is 18.0. The molecule has 0 radical (unpaired) electrons. The third-order valence-corrected chi connectivity index (χ3v) is 4.56. The first-order chi connectivity index (χ1) is 12.3. The maximum absolute atomic E-state index is 12.8. The number of carbonyl (C=O) groups is 1. The largest absolute Gasteiger partial charge is 0.380 e.